The molecule has 0 N–H and O–H groups in total. The number of allylic oxidation sites excluding steroid dienone is 1. The molecule has 0 saturated heterocycles. The molecule has 0 fully saturated rings. The Morgan fingerprint density at radius 2 is 2.38 bits per heavy atom. The Kier molecular flexibility index (Phi) is 5.19. The summed E-state index contributed by atoms with van der Waals surface area (Å²) < 4.78 is 0.817. The zero-order valence-electron chi connectivity index (χ0n) is 9.32. The van der Waals surface area contributed by atoms with E-state index in [1.54, 1.807) is 30.4 Å². The van der Waals surface area contributed by atoms with Crippen molar-refractivity contribution >= 4 is 21.8 Å². The van der Waals surface area contributed by atoms with Gasteiger partial charge in [0.15, 0.2) is 0 Å². The van der Waals surface area contributed by atoms with E-state index >= 15 is 0 Å². The summed E-state index contributed by atoms with van der Waals surface area (Å²) >= 11 is 3.30. The molecule has 3 nitrogen and oxygen atoms in total. The average Bonchev–Trinajstić information content (AvgIpc) is 2.28. The molecule has 0 radical (unpaired) electrons. The zero-order chi connectivity index (χ0) is 12.0. The molecule has 1 aromatic rings. The number of pyridine rings is 1. The third-order valence-electron chi connectivity index (χ3n) is 2.20. The Balaban J connectivity index is 2.59. The van der Waals surface area contributed by atoms with Crippen LogP contribution in [-0.4, -0.2) is 29.4 Å². The molecule has 0 bridgehead atoms. The lowest BCUT2D eigenvalue weighted by Gasteiger charge is -2.16. The molecule has 4 heteroatoms. The third-order valence-corrected chi connectivity index (χ3v) is 2.63. The summed E-state index contributed by atoms with van der Waals surface area (Å²) in [6.07, 6.45) is 6.96. The number of carbonyl (C=O) groups excluding carboxylic acids is 1. The highest BCUT2D eigenvalue weighted by molar-refractivity contribution is 9.10. The predicted molar refractivity (Wildman–Crippen MR) is 68.3 cm³/mol. The van der Waals surface area contributed by atoms with Crippen molar-refractivity contribution in [3.8, 4) is 0 Å². The zero-order valence-corrected chi connectivity index (χ0v) is 10.9. The topological polar surface area (TPSA) is 33.2 Å². The maximum Gasteiger partial charge on any atom is 0.255 e. The van der Waals surface area contributed by atoms with Gasteiger partial charge >= 0.3 is 0 Å². The Morgan fingerprint density at radius 1 is 1.62 bits per heavy atom. The normalized spacial score (nSPS) is 9.88. The van der Waals surface area contributed by atoms with E-state index in [1.807, 2.05) is 6.08 Å². The lowest BCUT2D eigenvalue weighted by atomic mass is 10.2. The van der Waals surface area contributed by atoms with Crippen molar-refractivity contribution < 1.29 is 4.79 Å². The van der Waals surface area contributed by atoms with E-state index in [1.165, 1.54) is 0 Å². The van der Waals surface area contributed by atoms with Crippen LogP contribution in [0.4, 0.5) is 0 Å². The van der Waals surface area contributed by atoms with Crippen LogP contribution >= 0.6 is 15.9 Å². The smallest absolute Gasteiger partial charge is 0.255 e. The van der Waals surface area contributed by atoms with Gasteiger partial charge in [-0.2, -0.15) is 0 Å². The van der Waals surface area contributed by atoms with Gasteiger partial charge in [-0.25, -0.2) is 0 Å². The van der Waals surface area contributed by atoms with Crippen molar-refractivity contribution in [2.75, 3.05) is 13.6 Å². The Hall–Kier alpha value is -1.16. The summed E-state index contributed by atoms with van der Waals surface area (Å²) in [4.78, 5) is 17.6. The van der Waals surface area contributed by atoms with Gasteiger partial charge in [-0.05, 0) is 34.8 Å². The van der Waals surface area contributed by atoms with Gasteiger partial charge in [-0.15, -0.1) is 6.58 Å². The maximum absolute atomic E-state index is 11.9. The van der Waals surface area contributed by atoms with Gasteiger partial charge in [-0.3, -0.25) is 9.78 Å². The molecule has 1 amide bonds. The minimum atomic E-state index is -0.00198. The lowest BCUT2D eigenvalue weighted by molar-refractivity contribution is 0.0793. The summed E-state index contributed by atoms with van der Waals surface area (Å²) in [7, 11) is 1.80. The molecule has 0 aliphatic rings. The second kappa shape index (κ2) is 6.43. The van der Waals surface area contributed by atoms with Crippen LogP contribution in [0.3, 0.4) is 0 Å². The maximum atomic E-state index is 11.9. The quantitative estimate of drug-likeness (QED) is 0.615. The minimum Gasteiger partial charge on any atom is -0.342 e. The number of aromatic nitrogens is 1. The van der Waals surface area contributed by atoms with Crippen LogP contribution in [-0.2, 0) is 0 Å². The van der Waals surface area contributed by atoms with E-state index in [0.717, 1.165) is 23.9 Å². The summed E-state index contributed by atoms with van der Waals surface area (Å²) in [6.45, 7) is 4.39. The number of nitrogens with zero attached hydrogens (tertiary/aromatic N) is 2. The Labute approximate surface area is 104 Å². The SMILES string of the molecule is C=CCCCN(C)C(=O)c1cncc(Br)c1. The minimum absolute atomic E-state index is 0.00198. The van der Waals surface area contributed by atoms with Crippen molar-refractivity contribution in [3.63, 3.8) is 0 Å². The summed E-state index contributed by atoms with van der Waals surface area (Å²) in [5.74, 6) is -0.00198. The van der Waals surface area contributed by atoms with Crippen molar-refractivity contribution in [1.29, 1.82) is 0 Å². The van der Waals surface area contributed by atoms with Crippen LogP contribution in [0.5, 0.6) is 0 Å². The van der Waals surface area contributed by atoms with Crippen LogP contribution < -0.4 is 0 Å². The van der Waals surface area contributed by atoms with Crippen LogP contribution in [0.25, 0.3) is 0 Å². The van der Waals surface area contributed by atoms with Crippen LogP contribution in [0.2, 0.25) is 0 Å². The molecular weight excluding hydrogens is 268 g/mol. The second-order valence-electron chi connectivity index (χ2n) is 3.55. The first-order valence-electron chi connectivity index (χ1n) is 5.12. The molecule has 0 aromatic carbocycles. The first-order valence-corrected chi connectivity index (χ1v) is 5.91. The number of unbranched alkanes of at least 4 members (excludes halogenated alkanes) is 1. The van der Waals surface area contributed by atoms with Crippen LogP contribution in [0, 0.1) is 0 Å². The number of amides is 1. The molecule has 1 aromatic heterocycles. The van der Waals surface area contributed by atoms with Crippen molar-refractivity contribution in [2.45, 2.75) is 12.8 Å². The number of halogens is 1. The fourth-order valence-electron chi connectivity index (χ4n) is 1.32. The fraction of sp³-hybridized carbons (Fsp3) is 0.333. The van der Waals surface area contributed by atoms with Gasteiger partial charge in [0, 0.05) is 30.5 Å². The third kappa shape index (κ3) is 3.77. The number of hydrogen-bond donors (Lipinski definition) is 0. The highest BCUT2D eigenvalue weighted by Crippen LogP contribution is 2.11. The molecule has 0 unspecified atom stereocenters. The van der Waals surface area contributed by atoms with Gasteiger partial charge in [0.2, 0.25) is 0 Å². The van der Waals surface area contributed by atoms with E-state index < -0.39 is 0 Å². The number of hydrogen-bond acceptors (Lipinski definition) is 2. The standard InChI is InChI=1S/C12H15BrN2O/c1-3-4-5-6-15(2)12(16)10-7-11(13)9-14-8-10/h3,7-9H,1,4-6H2,2H3. The molecule has 0 aliphatic heterocycles. The molecule has 1 heterocycles. The van der Waals surface area contributed by atoms with Gasteiger partial charge < -0.3 is 4.90 Å². The summed E-state index contributed by atoms with van der Waals surface area (Å²) in [6, 6.07) is 1.78. The van der Waals surface area contributed by atoms with Gasteiger partial charge in [0.25, 0.3) is 5.91 Å². The van der Waals surface area contributed by atoms with E-state index in [9.17, 15) is 4.79 Å². The van der Waals surface area contributed by atoms with Gasteiger partial charge in [0.05, 0.1) is 5.56 Å². The van der Waals surface area contributed by atoms with E-state index in [0.29, 0.717) is 5.56 Å². The molecule has 16 heavy (non-hydrogen) atoms. The average molecular weight is 283 g/mol. The van der Waals surface area contributed by atoms with Crippen LogP contribution in [0.1, 0.15) is 23.2 Å². The molecule has 0 atom stereocenters. The highest BCUT2D eigenvalue weighted by atomic mass is 79.9. The number of rotatable bonds is 5. The highest BCUT2D eigenvalue weighted by Gasteiger charge is 2.11. The van der Waals surface area contributed by atoms with Crippen molar-refractivity contribution in [2.24, 2.45) is 0 Å². The molecular formula is C12H15BrN2O. The molecule has 0 saturated carbocycles. The first kappa shape index (κ1) is 12.9. The van der Waals surface area contributed by atoms with Crippen molar-refractivity contribution in [3.05, 3.63) is 41.2 Å². The summed E-state index contributed by atoms with van der Waals surface area (Å²) in [5.41, 5.74) is 0.607. The van der Waals surface area contributed by atoms with E-state index in [-0.39, 0.29) is 5.91 Å². The monoisotopic (exact) mass is 282 g/mol. The first-order chi connectivity index (χ1) is 7.65. The second-order valence-corrected chi connectivity index (χ2v) is 4.47. The molecule has 1 rings (SSSR count). The van der Waals surface area contributed by atoms with Crippen LogP contribution in [0.15, 0.2) is 35.6 Å². The fourth-order valence-corrected chi connectivity index (χ4v) is 1.69. The Bertz CT molecular complexity index is 379. The predicted octanol–water partition coefficient (Wildman–Crippen LogP) is 2.88. The van der Waals surface area contributed by atoms with Gasteiger partial charge in [-0.1, -0.05) is 6.08 Å². The molecule has 0 spiro atoms. The largest absolute Gasteiger partial charge is 0.342 e. The van der Waals surface area contributed by atoms with Gasteiger partial charge in [0.1, 0.15) is 0 Å². The lowest BCUT2D eigenvalue weighted by Crippen LogP contribution is -2.27. The van der Waals surface area contributed by atoms with Crippen molar-refractivity contribution in [1.82, 2.24) is 9.88 Å². The summed E-state index contributed by atoms with van der Waals surface area (Å²) in [5, 5.41) is 0. The molecule has 0 aliphatic carbocycles. The Morgan fingerprint density at radius 3 is 3.00 bits per heavy atom. The van der Waals surface area contributed by atoms with E-state index in [4.69, 9.17) is 0 Å². The molecule has 86 valence electrons. The van der Waals surface area contributed by atoms with E-state index in [2.05, 4.69) is 27.5 Å². The number of carbonyl (C=O) groups is 1.